The van der Waals surface area contributed by atoms with Crippen molar-refractivity contribution in [1.82, 2.24) is 24.4 Å². The van der Waals surface area contributed by atoms with Gasteiger partial charge in [0.05, 0.1) is 29.4 Å². The van der Waals surface area contributed by atoms with Gasteiger partial charge in [0.25, 0.3) is 0 Å². The molecule has 9 heteroatoms. The van der Waals surface area contributed by atoms with E-state index < -0.39 is 5.97 Å². The molecule has 0 spiro atoms. The Morgan fingerprint density at radius 1 is 1.16 bits per heavy atom. The van der Waals surface area contributed by atoms with Gasteiger partial charge >= 0.3 is 5.97 Å². The normalized spacial score (nSPS) is 16.0. The number of carboxylic acids is 1. The van der Waals surface area contributed by atoms with Crippen LogP contribution in [0, 0.1) is 17.2 Å². The van der Waals surface area contributed by atoms with Gasteiger partial charge in [-0.15, -0.1) is 0 Å². The predicted octanol–water partition coefficient (Wildman–Crippen LogP) is 2.58. The smallest absolute Gasteiger partial charge is 0.308 e. The second kappa shape index (κ2) is 7.25. The summed E-state index contributed by atoms with van der Waals surface area (Å²) in [5.74, 6) is -0.373. The van der Waals surface area contributed by atoms with Crippen LogP contribution in [-0.2, 0) is 11.8 Å². The molecule has 0 bridgehead atoms. The molecule has 154 valence electrons. The molecule has 0 aliphatic carbocycles. The molecule has 0 aromatic carbocycles. The highest BCUT2D eigenvalue weighted by Gasteiger charge is 2.28. The Balaban J connectivity index is 1.57. The summed E-state index contributed by atoms with van der Waals surface area (Å²) in [6.45, 7) is 1.13. The van der Waals surface area contributed by atoms with Crippen LogP contribution in [0.5, 0.6) is 0 Å². The van der Waals surface area contributed by atoms with E-state index in [0.717, 1.165) is 33.6 Å². The Labute approximate surface area is 177 Å². The summed E-state index contributed by atoms with van der Waals surface area (Å²) in [7, 11) is 1.86. The summed E-state index contributed by atoms with van der Waals surface area (Å²) in [5.41, 5.74) is 4.78. The summed E-state index contributed by atoms with van der Waals surface area (Å²) in [4.78, 5) is 17.8. The molecular formula is C22H19N7O2. The molecule has 5 rings (SSSR count). The van der Waals surface area contributed by atoms with Crippen LogP contribution in [0.1, 0.15) is 12.0 Å². The molecule has 9 nitrogen and oxygen atoms in total. The quantitative estimate of drug-likeness (QED) is 0.547. The third-order valence-electron chi connectivity index (χ3n) is 5.69. The zero-order valence-electron chi connectivity index (χ0n) is 16.8. The minimum absolute atomic E-state index is 0.359. The Kier molecular flexibility index (Phi) is 4.40. The average Bonchev–Trinajstić information content (AvgIpc) is 3.52. The van der Waals surface area contributed by atoms with E-state index >= 15 is 0 Å². The van der Waals surface area contributed by atoms with Crippen LogP contribution < -0.4 is 4.90 Å². The minimum Gasteiger partial charge on any atom is -0.481 e. The highest BCUT2D eigenvalue weighted by molar-refractivity contribution is 5.87. The maximum Gasteiger partial charge on any atom is 0.308 e. The molecule has 4 aromatic heterocycles. The van der Waals surface area contributed by atoms with Crippen LogP contribution in [0.4, 0.5) is 5.82 Å². The lowest BCUT2D eigenvalue weighted by atomic mass is 10.0. The molecule has 5 heterocycles. The number of hydrogen-bond donors (Lipinski definition) is 1. The Bertz CT molecular complexity index is 1330. The number of hydrogen-bond acceptors (Lipinski definition) is 6. The van der Waals surface area contributed by atoms with E-state index in [4.69, 9.17) is 0 Å². The Morgan fingerprint density at radius 2 is 2.03 bits per heavy atom. The molecule has 1 N–H and O–H groups in total. The number of rotatable bonds is 4. The first-order valence-electron chi connectivity index (χ1n) is 9.88. The number of carbonyl (C=O) groups is 1. The third-order valence-corrected chi connectivity index (χ3v) is 5.69. The molecule has 0 unspecified atom stereocenters. The largest absolute Gasteiger partial charge is 0.481 e. The summed E-state index contributed by atoms with van der Waals surface area (Å²) >= 11 is 0. The van der Waals surface area contributed by atoms with Crippen molar-refractivity contribution in [3.05, 3.63) is 54.7 Å². The van der Waals surface area contributed by atoms with Gasteiger partial charge in [-0.1, -0.05) is 0 Å². The van der Waals surface area contributed by atoms with E-state index in [1.807, 2.05) is 42.5 Å². The van der Waals surface area contributed by atoms with E-state index in [-0.39, 0.29) is 5.92 Å². The summed E-state index contributed by atoms with van der Waals surface area (Å²) in [6, 6.07) is 8.08. The maximum atomic E-state index is 11.2. The fraction of sp³-hybridized carbons (Fsp3) is 0.227. The second-order valence-corrected chi connectivity index (χ2v) is 7.68. The van der Waals surface area contributed by atoms with E-state index in [0.29, 0.717) is 25.1 Å². The van der Waals surface area contributed by atoms with Crippen molar-refractivity contribution < 1.29 is 9.90 Å². The summed E-state index contributed by atoms with van der Waals surface area (Å²) in [5, 5.41) is 27.4. The molecule has 1 saturated heterocycles. The van der Waals surface area contributed by atoms with Gasteiger partial charge in [-0.2, -0.15) is 15.5 Å². The van der Waals surface area contributed by atoms with Crippen LogP contribution in [-0.4, -0.2) is 48.5 Å². The monoisotopic (exact) mass is 413 g/mol. The van der Waals surface area contributed by atoms with Gasteiger partial charge in [-0.05, 0) is 24.6 Å². The van der Waals surface area contributed by atoms with E-state index in [2.05, 4.69) is 21.3 Å². The first-order chi connectivity index (χ1) is 15.0. The number of aliphatic carboxylic acids is 1. The molecule has 31 heavy (non-hydrogen) atoms. The van der Waals surface area contributed by atoms with E-state index in [1.54, 1.807) is 27.8 Å². The molecule has 1 fully saturated rings. The van der Waals surface area contributed by atoms with Gasteiger partial charge in [-0.25, -0.2) is 9.50 Å². The first kappa shape index (κ1) is 18.8. The van der Waals surface area contributed by atoms with Crippen molar-refractivity contribution in [2.24, 2.45) is 13.0 Å². The minimum atomic E-state index is -0.765. The van der Waals surface area contributed by atoms with Crippen LogP contribution in [0.2, 0.25) is 0 Å². The van der Waals surface area contributed by atoms with E-state index in [9.17, 15) is 15.2 Å². The molecule has 1 atom stereocenters. The Hall–Kier alpha value is -4.19. The number of nitrogens with zero attached hydrogens (tertiary/aromatic N) is 7. The van der Waals surface area contributed by atoms with Crippen molar-refractivity contribution in [3.8, 4) is 28.3 Å². The lowest BCUT2D eigenvalue weighted by Gasteiger charge is -2.17. The highest BCUT2D eigenvalue weighted by Crippen LogP contribution is 2.32. The van der Waals surface area contributed by atoms with Gasteiger partial charge in [0.15, 0.2) is 0 Å². The van der Waals surface area contributed by atoms with E-state index in [1.165, 1.54) is 0 Å². The molecule has 0 amide bonds. The molecular weight excluding hydrogens is 394 g/mol. The fourth-order valence-corrected chi connectivity index (χ4v) is 4.05. The Morgan fingerprint density at radius 3 is 2.68 bits per heavy atom. The van der Waals surface area contributed by atoms with Gasteiger partial charge in [0.1, 0.15) is 11.9 Å². The fourth-order valence-electron chi connectivity index (χ4n) is 4.05. The van der Waals surface area contributed by atoms with Gasteiger partial charge in [-0.3, -0.25) is 9.48 Å². The topological polar surface area (TPSA) is 112 Å². The number of carboxylic acid groups (broad SMARTS) is 1. The lowest BCUT2D eigenvalue weighted by Crippen LogP contribution is -2.23. The van der Waals surface area contributed by atoms with Crippen LogP contribution in [0.25, 0.3) is 27.8 Å². The van der Waals surface area contributed by atoms with Gasteiger partial charge < -0.3 is 10.0 Å². The summed E-state index contributed by atoms with van der Waals surface area (Å²) in [6.07, 6.45) is 9.53. The van der Waals surface area contributed by atoms with Crippen molar-refractivity contribution in [2.75, 3.05) is 18.0 Å². The molecule has 4 aromatic rings. The molecule has 0 saturated carbocycles. The highest BCUT2D eigenvalue weighted by atomic mass is 16.4. The maximum absolute atomic E-state index is 11.2. The number of anilines is 1. The van der Waals surface area contributed by atoms with Crippen molar-refractivity contribution in [2.45, 2.75) is 6.42 Å². The van der Waals surface area contributed by atoms with Gasteiger partial charge in [0.2, 0.25) is 0 Å². The van der Waals surface area contributed by atoms with Crippen molar-refractivity contribution in [3.63, 3.8) is 0 Å². The predicted molar refractivity (Wildman–Crippen MR) is 113 cm³/mol. The number of aromatic nitrogens is 5. The number of fused-ring (bicyclic) bond motifs is 1. The zero-order valence-corrected chi connectivity index (χ0v) is 16.8. The first-order valence-corrected chi connectivity index (χ1v) is 9.88. The van der Waals surface area contributed by atoms with Crippen molar-refractivity contribution in [1.29, 1.82) is 5.26 Å². The number of nitriles is 1. The molecule has 1 aliphatic rings. The third kappa shape index (κ3) is 3.28. The zero-order chi connectivity index (χ0) is 21.5. The molecule has 0 radical (unpaired) electrons. The standard InChI is InChI=1S/C22H19N7O2/c1-27-11-18(10-25-27)16-6-19(21-17(7-23)9-26-29(21)13-16)14-2-3-20(24-8-14)28-5-4-15(12-28)22(30)31/h2-3,6,8-11,13,15H,4-5,12H2,1H3,(H,30,31)/t15-/m0/s1. The van der Waals surface area contributed by atoms with Crippen LogP contribution in [0.3, 0.4) is 0 Å². The average molecular weight is 413 g/mol. The number of aryl methyl sites for hydroxylation is 1. The van der Waals surface area contributed by atoms with Crippen molar-refractivity contribution >= 4 is 17.3 Å². The van der Waals surface area contributed by atoms with Crippen LogP contribution in [0.15, 0.2) is 49.2 Å². The SMILES string of the molecule is Cn1cc(-c2cc(-c3ccc(N4CC[C@H](C(=O)O)C4)nc3)c3c(C#N)cnn3c2)cn1. The molecule has 1 aliphatic heterocycles. The lowest BCUT2D eigenvalue weighted by molar-refractivity contribution is -0.140. The number of pyridine rings is 2. The van der Waals surface area contributed by atoms with Gasteiger partial charge in [0, 0.05) is 61.0 Å². The van der Waals surface area contributed by atoms with Crippen LogP contribution >= 0.6 is 0 Å². The summed E-state index contributed by atoms with van der Waals surface area (Å²) < 4.78 is 3.45. The second-order valence-electron chi connectivity index (χ2n) is 7.68.